The lowest BCUT2D eigenvalue weighted by Gasteiger charge is -2.41. The fourth-order valence-corrected chi connectivity index (χ4v) is 5.74. The van der Waals surface area contributed by atoms with E-state index in [9.17, 15) is 5.11 Å². The summed E-state index contributed by atoms with van der Waals surface area (Å²) in [5.74, 6) is 2.40. The van der Waals surface area contributed by atoms with Crippen LogP contribution in [0.4, 0.5) is 0 Å². The molecule has 0 aliphatic carbocycles. The van der Waals surface area contributed by atoms with E-state index in [-0.39, 0.29) is 12.8 Å². The number of aromatic nitrogens is 1. The lowest BCUT2D eigenvalue weighted by atomic mass is 9.85. The molecule has 1 N–H and O–H groups in total. The first kappa shape index (κ1) is 22.0. The van der Waals surface area contributed by atoms with Crippen LogP contribution in [0, 0.1) is 0 Å². The summed E-state index contributed by atoms with van der Waals surface area (Å²) in [7, 11) is 3.40. The van der Waals surface area contributed by atoms with Crippen LogP contribution in [0.25, 0.3) is 10.9 Å². The van der Waals surface area contributed by atoms with E-state index in [4.69, 9.17) is 14.2 Å². The van der Waals surface area contributed by atoms with Crippen molar-refractivity contribution in [3.05, 3.63) is 88.6 Å². The van der Waals surface area contributed by atoms with Crippen LogP contribution in [0.1, 0.15) is 34.0 Å². The zero-order valence-corrected chi connectivity index (χ0v) is 20.2. The Bertz CT molecular complexity index is 1380. The van der Waals surface area contributed by atoms with Gasteiger partial charge in [0.25, 0.3) is 0 Å². The van der Waals surface area contributed by atoms with Gasteiger partial charge in [0.1, 0.15) is 19.1 Å². The zero-order chi connectivity index (χ0) is 23.9. The van der Waals surface area contributed by atoms with Crippen LogP contribution in [-0.4, -0.2) is 35.3 Å². The minimum absolute atomic E-state index is 0.0259. The Morgan fingerprint density at radius 1 is 0.971 bits per heavy atom. The van der Waals surface area contributed by atoms with Crippen molar-refractivity contribution in [3.8, 4) is 17.2 Å². The van der Waals surface area contributed by atoms with Gasteiger partial charge in [-0.3, -0.25) is 4.90 Å². The van der Waals surface area contributed by atoms with Gasteiger partial charge in [-0.15, -0.1) is 0 Å². The van der Waals surface area contributed by atoms with E-state index in [1.165, 1.54) is 22.4 Å². The van der Waals surface area contributed by atoms with Gasteiger partial charge in [-0.1, -0.05) is 30.3 Å². The molecule has 180 valence electrons. The van der Waals surface area contributed by atoms with Crippen molar-refractivity contribution in [2.45, 2.75) is 38.8 Å². The number of methoxy groups -OCH3 is 2. The predicted molar refractivity (Wildman–Crippen MR) is 135 cm³/mol. The summed E-state index contributed by atoms with van der Waals surface area (Å²) in [6.45, 7) is 2.25. The van der Waals surface area contributed by atoms with Gasteiger partial charge in [-0.2, -0.15) is 0 Å². The molecule has 0 saturated carbocycles. The third-order valence-electron chi connectivity index (χ3n) is 7.52. The topological polar surface area (TPSA) is 56.1 Å². The highest BCUT2D eigenvalue weighted by atomic mass is 16.5. The number of hydrogen-bond donors (Lipinski definition) is 1. The summed E-state index contributed by atoms with van der Waals surface area (Å²) in [6.07, 6.45) is 1.84. The number of fused-ring (bicyclic) bond motifs is 6. The van der Waals surface area contributed by atoms with Crippen LogP contribution in [0.2, 0.25) is 0 Å². The van der Waals surface area contributed by atoms with Crippen LogP contribution in [0.5, 0.6) is 17.2 Å². The average molecular weight is 471 g/mol. The Balaban J connectivity index is 1.39. The van der Waals surface area contributed by atoms with Crippen molar-refractivity contribution < 1.29 is 19.3 Å². The standard InChI is InChI=1S/C29H30N2O4/c1-33-21-8-9-25-23(13-21)24-14-26-22-15-29(35-17-19-6-4-3-5-7-19)28(34-2)12-20(22)10-11-30(26)16-27(24)31(25)18-32/h3-9,12-13,15,26,32H,10-11,14,16-18H2,1-2H3/t26-/m1/s1. The van der Waals surface area contributed by atoms with E-state index < -0.39 is 0 Å². The maximum atomic E-state index is 10.2. The summed E-state index contributed by atoms with van der Waals surface area (Å²) >= 11 is 0. The average Bonchev–Trinajstić information content (AvgIpc) is 3.22. The van der Waals surface area contributed by atoms with Crippen molar-refractivity contribution in [2.24, 2.45) is 0 Å². The van der Waals surface area contributed by atoms with Crippen LogP contribution in [0.15, 0.2) is 60.7 Å². The van der Waals surface area contributed by atoms with Gasteiger partial charge < -0.3 is 23.9 Å². The Hall–Kier alpha value is -3.48. The largest absolute Gasteiger partial charge is 0.497 e. The first-order chi connectivity index (χ1) is 17.2. The van der Waals surface area contributed by atoms with E-state index in [2.05, 4.69) is 41.3 Å². The molecular formula is C29H30N2O4. The molecular weight excluding hydrogens is 440 g/mol. The summed E-state index contributed by atoms with van der Waals surface area (Å²) in [6, 6.07) is 20.9. The molecule has 3 heterocycles. The zero-order valence-electron chi connectivity index (χ0n) is 20.2. The van der Waals surface area contributed by atoms with Crippen molar-refractivity contribution in [1.29, 1.82) is 0 Å². The molecule has 6 heteroatoms. The molecule has 1 atom stereocenters. The summed E-state index contributed by atoms with van der Waals surface area (Å²) in [5.41, 5.74) is 7.30. The van der Waals surface area contributed by atoms with Crippen molar-refractivity contribution in [1.82, 2.24) is 9.47 Å². The number of nitrogens with zero attached hydrogens (tertiary/aromatic N) is 2. The molecule has 0 unspecified atom stereocenters. The van der Waals surface area contributed by atoms with Crippen LogP contribution < -0.4 is 14.2 Å². The molecule has 6 nitrogen and oxygen atoms in total. The second-order valence-electron chi connectivity index (χ2n) is 9.29. The van der Waals surface area contributed by atoms with Crippen LogP contribution >= 0.6 is 0 Å². The van der Waals surface area contributed by atoms with Gasteiger partial charge in [0.05, 0.1) is 19.7 Å². The lowest BCUT2D eigenvalue weighted by molar-refractivity contribution is 0.145. The second-order valence-corrected chi connectivity index (χ2v) is 9.29. The second kappa shape index (κ2) is 8.95. The number of benzene rings is 3. The molecule has 1 aromatic heterocycles. The van der Waals surface area contributed by atoms with E-state index in [0.29, 0.717) is 6.61 Å². The first-order valence-corrected chi connectivity index (χ1v) is 12.1. The van der Waals surface area contributed by atoms with E-state index in [0.717, 1.165) is 59.6 Å². The van der Waals surface area contributed by atoms with Gasteiger partial charge in [-0.25, -0.2) is 0 Å². The van der Waals surface area contributed by atoms with Gasteiger partial charge in [0.15, 0.2) is 11.5 Å². The van der Waals surface area contributed by atoms with Crippen LogP contribution in [0.3, 0.4) is 0 Å². The number of hydrogen-bond acceptors (Lipinski definition) is 5. The Labute approximate surface area is 205 Å². The maximum absolute atomic E-state index is 10.2. The fraction of sp³-hybridized carbons (Fsp3) is 0.310. The van der Waals surface area contributed by atoms with E-state index >= 15 is 0 Å². The quantitative estimate of drug-likeness (QED) is 0.437. The minimum atomic E-state index is -0.0259. The van der Waals surface area contributed by atoms with Gasteiger partial charge in [0.2, 0.25) is 0 Å². The number of aliphatic hydroxyl groups excluding tert-OH is 1. The monoisotopic (exact) mass is 470 g/mol. The lowest BCUT2D eigenvalue weighted by Crippen LogP contribution is -2.39. The van der Waals surface area contributed by atoms with Crippen molar-refractivity contribution in [2.75, 3.05) is 20.8 Å². The molecule has 35 heavy (non-hydrogen) atoms. The molecule has 0 spiro atoms. The molecule has 3 aromatic carbocycles. The van der Waals surface area contributed by atoms with Gasteiger partial charge in [0, 0.05) is 30.2 Å². The van der Waals surface area contributed by atoms with E-state index in [1.54, 1.807) is 14.2 Å². The Morgan fingerprint density at radius 2 is 1.83 bits per heavy atom. The summed E-state index contributed by atoms with van der Waals surface area (Å²) in [5, 5.41) is 11.4. The summed E-state index contributed by atoms with van der Waals surface area (Å²) in [4.78, 5) is 2.53. The molecule has 4 aromatic rings. The highest BCUT2D eigenvalue weighted by Crippen LogP contribution is 2.45. The molecule has 2 aliphatic heterocycles. The Morgan fingerprint density at radius 3 is 2.60 bits per heavy atom. The number of rotatable bonds is 6. The SMILES string of the molecule is COc1ccc2c(c1)c1c(n2CO)CN2CCc3cc(OC)c(OCc4ccccc4)cc3[C@H]2C1. The predicted octanol–water partition coefficient (Wildman–Crippen LogP) is 4.84. The van der Waals surface area contributed by atoms with Crippen molar-refractivity contribution in [3.63, 3.8) is 0 Å². The normalized spacial score (nSPS) is 16.9. The minimum Gasteiger partial charge on any atom is -0.497 e. The Kier molecular flexibility index (Phi) is 5.63. The maximum Gasteiger partial charge on any atom is 0.162 e. The summed E-state index contributed by atoms with van der Waals surface area (Å²) < 4.78 is 19.5. The molecule has 0 bridgehead atoms. The molecule has 0 radical (unpaired) electrons. The number of ether oxygens (including phenoxy) is 3. The molecule has 2 aliphatic rings. The smallest absolute Gasteiger partial charge is 0.162 e. The first-order valence-electron chi connectivity index (χ1n) is 12.1. The molecule has 0 fully saturated rings. The number of aliphatic hydroxyl groups is 1. The van der Waals surface area contributed by atoms with Crippen molar-refractivity contribution >= 4 is 10.9 Å². The highest BCUT2D eigenvalue weighted by molar-refractivity contribution is 5.87. The fourth-order valence-electron chi connectivity index (χ4n) is 5.74. The third kappa shape index (κ3) is 3.74. The van der Waals surface area contributed by atoms with E-state index in [1.807, 2.05) is 28.8 Å². The van der Waals surface area contributed by atoms with Crippen LogP contribution in [-0.2, 0) is 32.7 Å². The molecule has 0 amide bonds. The molecule has 6 rings (SSSR count). The molecule has 0 saturated heterocycles. The highest BCUT2D eigenvalue weighted by Gasteiger charge is 2.36. The third-order valence-corrected chi connectivity index (χ3v) is 7.52. The van der Waals surface area contributed by atoms with Gasteiger partial charge in [-0.05, 0) is 65.4 Å². The van der Waals surface area contributed by atoms with Gasteiger partial charge >= 0.3 is 0 Å².